The minimum atomic E-state index is -4.90. The standard InChI is InChI=1S/C22H22F4O/c1-2-3-4-5-15-6-8-16(9-7-15)17-10-12-19-18(14-17)11-13-20(21(19)23)27-22(24,25)26/h6-11,13H,2-5,12,14H2,1H3. The zero-order valence-corrected chi connectivity index (χ0v) is 15.2. The first kappa shape index (κ1) is 19.5. The van der Waals surface area contributed by atoms with Gasteiger partial charge in [0.25, 0.3) is 0 Å². The fourth-order valence-electron chi connectivity index (χ4n) is 3.42. The molecule has 0 bridgehead atoms. The Labute approximate surface area is 156 Å². The molecule has 1 aliphatic carbocycles. The van der Waals surface area contributed by atoms with Gasteiger partial charge in [-0.3, -0.25) is 0 Å². The number of rotatable bonds is 6. The maximum atomic E-state index is 14.4. The lowest BCUT2D eigenvalue weighted by Crippen LogP contribution is -2.19. The zero-order valence-electron chi connectivity index (χ0n) is 15.2. The maximum Gasteiger partial charge on any atom is 0.573 e. The molecule has 2 aromatic rings. The van der Waals surface area contributed by atoms with E-state index in [0.717, 1.165) is 23.6 Å². The second kappa shape index (κ2) is 8.15. The summed E-state index contributed by atoms with van der Waals surface area (Å²) in [5.41, 5.74) is 4.40. The Bertz CT molecular complexity index is 819. The first-order valence-corrected chi connectivity index (χ1v) is 9.21. The van der Waals surface area contributed by atoms with Crippen molar-refractivity contribution in [3.63, 3.8) is 0 Å². The van der Waals surface area contributed by atoms with Gasteiger partial charge >= 0.3 is 6.36 Å². The molecule has 0 N–H and O–H groups in total. The Balaban J connectivity index is 1.73. The second-order valence-electron chi connectivity index (χ2n) is 6.83. The lowest BCUT2D eigenvalue weighted by molar-refractivity contribution is -0.275. The third kappa shape index (κ3) is 4.90. The van der Waals surface area contributed by atoms with Gasteiger partial charge in [-0.15, -0.1) is 13.2 Å². The summed E-state index contributed by atoms with van der Waals surface area (Å²) in [5.74, 6) is -1.69. The topological polar surface area (TPSA) is 9.23 Å². The van der Waals surface area contributed by atoms with Gasteiger partial charge in [-0.05, 0) is 59.6 Å². The van der Waals surface area contributed by atoms with E-state index in [1.165, 1.54) is 30.9 Å². The molecule has 0 heterocycles. The first-order valence-electron chi connectivity index (χ1n) is 9.21. The SMILES string of the molecule is CCCCCc1ccc(C2=CCc3c(ccc(OC(F)(F)F)c3F)C2)cc1. The van der Waals surface area contributed by atoms with Crippen molar-refractivity contribution in [2.24, 2.45) is 0 Å². The molecule has 0 spiro atoms. The smallest absolute Gasteiger partial charge is 0.403 e. The van der Waals surface area contributed by atoms with Gasteiger partial charge in [0.2, 0.25) is 0 Å². The summed E-state index contributed by atoms with van der Waals surface area (Å²) in [4.78, 5) is 0. The average Bonchev–Trinajstić information content (AvgIpc) is 2.64. The van der Waals surface area contributed by atoms with Crippen LogP contribution in [0.2, 0.25) is 0 Å². The third-order valence-corrected chi connectivity index (χ3v) is 4.86. The van der Waals surface area contributed by atoms with Gasteiger partial charge < -0.3 is 4.74 Å². The van der Waals surface area contributed by atoms with E-state index in [4.69, 9.17) is 0 Å². The van der Waals surface area contributed by atoms with Crippen molar-refractivity contribution in [3.05, 3.63) is 70.5 Å². The number of allylic oxidation sites excluding steroid dienone is 2. The number of ether oxygens (including phenoxy) is 1. The highest BCUT2D eigenvalue weighted by Crippen LogP contribution is 2.34. The first-order chi connectivity index (χ1) is 12.9. The van der Waals surface area contributed by atoms with E-state index in [-0.39, 0.29) is 12.0 Å². The molecule has 0 saturated carbocycles. The third-order valence-electron chi connectivity index (χ3n) is 4.86. The molecule has 27 heavy (non-hydrogen) atoms. The molecule has 0 atom stereocenters. The average molecular weight is 378 g/mol. The molecular weight excluding hydrogens is 356 g/mol. The van der Waals surface area contributed by atoms with Crippen molar-refractivity contribution >= 4 is 5.57 Å². The van der Waals surface area contributed by atoms with Crippen LogP contribution in [0.1, 0.15) is 48.4 Å². The molecule has 1 aliphatic rings. The summed E-state index contributed by atoms with van der Waals surface area (Å²) in [6.07, 6.45) is 2.37. The van der Waals surface area contributed by atoms with Crippen molar-refractivity contribution < 1.29 is 22.3 Å². The summed E-state index contributed by atoms with van der Waals surface area (Å²) in [6.45, 7) is 2.18. The van der Waals surface area contributed by atoms with Crippen molar-refractivity contribution in [2.75, 3.05) is 0 Å². The Morgan fingerprint density at radius 1 is 1.00 bits per heavy atom. The van der Waals surface area contributed by atoms with Gasteiger partial charge in [0, 0.05) is 0 Å². The Morgan fingerprint density at radius 2 is 1.74 bits per heavy atom. The monoisotopic (exact) mass is 378 g/mol. The summed E-state index contributed by atoms with van der Waals surface area (Å²) in [7, 11) is 0. The molecular formula is C22H22F4O. The predicted octanol–water partition coefficient (Wildman–Crippen LogP) is 6.64. The van der Waals surface area contributed by atoms with Crippen LogP contribution in [0.4, 0.5) is 17.6 Å². The summed E-state index contributed by atoms with van der Waals surface area (Å²) in [6, 6.07) is 10.9. The molecule has 0 amide bonds. The minimum Gasteiger partial charge on any atom is -0.403 e. The van der Waals surface area contributed by atoms with Crippen LogP contribution in [-0.2, 0) is 19.3 Å². The number of hydrogen-bond donors (Lipinski definition) is 0. The van der Waals surface area contributed by atoms with Gasteiger partial charge in [-0.1, -0.05) is 56.2 Å². The molecule has 3 rings (SSSR count). The van der Waals surface area contributed by atoms with Crippen LogP contribution in [0, 0.1) is 5.82 Å². The fourth-order valence-corrected chi connectivity index (χ4v) is 3.42. The van der Waals surface area contributed by atoms with Gasteiger partial charge in [-0.25, -0.2) is 4.39 Å². The highest BCUT2D eigenvalue weighted by atomic mass is 19.4. The van der Waals surface area contributed by atoms with E-state index >= 15 is 0 Å². The lowest BCUT2D eigenvalue weighted by Gasteiger charge is -2.20. The van der Waals surface area contributed by atoms with E-state index < -0.39 is 17.9 Å². The van der Waals surface area contributed by atoms with Crippen LogP contribution >= 0.6 is 0 Å². The van der Waals surface area contributed by atoms with Crippen LogP contribution in [0.5, 0.6) is 5.75 Å². The van der Waals surface area contributed by atoms with Crippen LogP contribution < -0.4 is 4.74 Å². The van der Waals surface area contributed by atoms with Crippen LogP contribution in [-0.4, -0.2) is 6.36 Å². The number of alkyl halides is 3. The number of unbranched alkanes of at least 4 members (excludes halogenated alkanes) is 2. The van der Waals surface area contributed by atoms with Gasteiger partial charge in [-0.2, -0.15) is 0 Å². The van der Waals surface area contributed by atoms with E-state index in [1.54, 1.807) is 0 Å². The fraction of sp³-hybridized carbons (Fsp3) is 0.364. The van der Waals surface area contributed by atoms with E-state index in [9.17, 15) is 17.6 Å². The van der Waals surface area contributed by atoms with Crippen molar-refractivity contribution in [3.8, 4) is 5.75 Å². The Hall–Kier alpha value is -2.30. The van der Waals surface area contributed by atoms with E-state index in [0.29, 0.717) is 12.0 Å². The van der Waals surface area contributed by atoms with E-state index in [2.05, 4.69) is 35.9 Å². The van der Waals surface area contributed by atoms with Crippen LogP contribution in [0.3, 0.4) is 0 Å². The number of aryl methyl sites for hydroxylation is 1. The van der Waals surface area contributed by atoms with Crippen LogP contribution in [0.15, 0.2) is 42.5 Å². The molecule has 0 saturated heterocycles. The van der Waals surface area contributed by atoms with Crippen molar-refractivity contribution in [2.45, 2.75) is 51.8 Å². The van der Waals surface area contributed by atoms with Gasteiger partial charge in [0.05, 0.1) is 0 Å². The summed E-state index contributed by atoms with van der Waals surface area (Å²) < 4.78 is 55.2. The second-order valence-corrected chi connectivity index (χ2v) is 6.83. The number of fused-ring (bicyclic) bond motifs is 1. The number of halogens is 4. The minimum absolute atomic E-state index is 0.254. The molecule has 0 aliphatic heterocycles. The normalized spacial score (nSPS) is 13.9. The molecule has 0 fully saturated rings. The number of benzene rings is 2. The van der Waals surface area contributed by atoms with Gasteiger partial charge in [0.1, 0.15) is 0 Å². The summed E-state index contributed by atoms with van der Waals surface area (Å²) >= 11 is 0. The number of hydrogen-bond acceptors (Lipinski definition) is 1. The van der Waals surface area contributed by atoms with E-state index in [1.807, 2.05) is 6.08 Å². The maximum absolute atomic E-state index is 14.4. The quantitative estimate of drug-likeness (QED) is 0.404. The molecule has 0 aromatic heterocycles. The van der Waals surface area contributed by atoms with Gasteiger partial charge in [0.15, 0.2) is 11.6 Å². The van der Waals surface area contributed by atoms with Crippen LogP contribution in [0.25, 0.3) is 5.57 Å². The lowest BCUT2D eigenvalue weighted by atomic mass is 9.87. The zero-order chi connectivity index (χ0) is 19.4. The summed E-state index contributed by atoms with van der Waals surface area (Å²) in [5, 5.41) is 0. The Kier molecular flexibility index (Phi) is 5.88. The highest BCUT2D eigenvalue weighted by molar-refractivity contribution is 5.71. The van der Waals surface area contributed by atoms with Crippen molar-refractivity contribution in [1.82, 2.24) is 0 Å². The molecule has 0 radical (unpaired) electrons. The largest absolute Gasteiger partial charge is 0.573 e. The Morgan fingerprint density at radius 3 is 2.41 bits per heavy atom. The van der Waals surface area contributed by atoms with Crippen molar-refractivity contribution in [1.29, 1.82) is 0 Å². The molecule has 144 valence electrons. The highest BCUT2D eigenvalue weighted by Gasteiger charge is 2.33. The molecule has 0 unspecified atom stereocenters. The molecule has 2 aromatic carbocycles. The molecule has 1 nitrogen and oxygen atoms in total. The predicted molar refractivity (Wildman–Crippen MR) is 98.1 cm³/mol. The molecule has 5 heteroatoms.